The lowest BCUT2D eigenvalue weighted by Gasteiger charge is -2.42. The molecule has 1 aromatic rings. The Morgan fingerprint density at radius 3 is 2.35 bits per heavy atom. The van der Waals surface area contributed by atoms with Crippen molar-refractivity contribution in [2.75, 3.05) is 26.2 Å². The Bertz CT molecular complexity index is 548. The van der Waals surface area contributed by atoms with Crippen molar-refractivity contribution < 1.29 is 4.79 Å². The number of carbonyl (C=O) groups excluding carboxylic acids is 1. The summed E-state index contributed by atoms with van der Waals surface area (Å²) in [4.78, 5) is 17.1. The van der Waals surface area contributed by atoms with Gasteiger partial charge in [0.05, 0.1) is 0 Å². The quantitative estimate of drug-likeness (QED) is 0.781. The molecule has 1 unspecified atom stereocenters. The molecule has 1 aliphatic heterocycles. The van der Waals surface area contributed by atoms with E-state index in [1.54, 1.807) is 0 Å². The molecule has 1 fully saturated rings. The van der Waals surface area contributed by atoms with Crippen molar-refractivity contribution in [3.63, 3.8) is 0 Å². The lowest BCUT2D eigenvalue weighted by atomic mass is 9.79. The molecule has 0 spiro atoms. The van der Waals surface area contributed by atoms with Crippen molar-refractivity contribution in [1.82, 2.24) is 9.80 Å². The lowest BCUT2D eigenvalue weighted by molar-refractivity contribution is 0.0533. The van der Waals surface area contributed by atoms with E-state index < -0.39 is 0 Å². The summed E-state index contributed by atoms with van der Waals surface area (Å²) in [5.41, 5.74) is 8.20. The van der Waals surface area contributed by atoms with Gasteiger partial charge in [0, 0.05) is 31.2 Å². The van der Waals surface area contributed by atoms with Crippen molar-refractivity contribution >= 4 is 30.7 Å². The van der Waals surface area contributed by atoms with Gasteiger partial charge in [0.2, 0.25) is 0 Å². The molecule has 2 rings (SSSR count). The predicted octanol–water partition coefficient (Wildman–Crippen LogP) is 3.96. The number of likely N-dealkylation sites (tertiary alicyclic amines) is 1. The highest BCUT2D eigenvalue weighted by Crippen LogP contribution is 2.28. The maximum Gasteiger partial charge on any atom is 0.253 e. The van der Waals surface area contributed by atoms with Crippen molar-refractivity contribution in [2.45, 2.75) is 53.1 Å². The zero-order valence-corrected chi connectivity index (χ0v) is 18.2. The SMILES string of the molecule is CCCN(CC)Cc1ccc(C(=O)N2CCC(N)C(C)(C)C2)cc1.Cl.Cl. The molecule has 1 saturated heterocycles. The van der Waals surface area contributed by atoms with E-state index in [4.69, 9.17) is 5.73 Å². The number of halogens is 2. The summed E-state index contributed by atoms with van der Waals surface area (Å²) in [6, 6.07) is 8.29. The van der Waals surface area contributed by atoms with Gasteiger partial charge in [-0.1, -0.05) is 39.8 Å². The first-order valence-electron chi connectivity index (χ1n) is 9.23. The number of nitrogens with zero attached hydrogens (tertiary/aromatic N) is 2. The van der Waals surface area contributed by atoms with Gasteiger partial charge in [0.1, 0.15) is 0 Å². The zero-order chi connectivity index (χ0) is 17.7. The monoisotopic (exact) mass is 403 g/mol. The third-order valence-electron chi connectivity index (χ3n) is 5.19. The lowest BCUT2D eigenvalue weighted by Crippen LogP contribution is -2.53. The van der Waals surface area contributed by atoms with Gasteiger partial charge in [0.15, 0.2) is 0 Å². The molecule has 1 heterocycles. The first kappa shape index (κ1) is 25.2. The molecule has 1 amide bonds. The Hall–Kier alpha value is -0.810. The van der Waals surface area contributed by atoms with Crippen LogP contribution in [0.5, 0.6) is 0 Å². The standard InChI is InChI=1S/C20H33N3O.2ClH/c1-5-12-22(6-2)14-16-7-9-17(10-8-16)19(24)23-13-11-18(21)20(3,4)15-23;;/h7-10,18H,5-6,11-15,21H2,1-4H3;2*1H. The number of rotatable bonds is 6. The van der Waals surface area contributed by atoms with Gasteiger partial charge in [-0.25, -0.2) is 0 Å². The predicted molar refractivity (Wildman–Crippen MR) is 114 cm³/mol. The Labute approximate surface area is 171 Å². The Balaban J connectivity index is 0.00000312. The van der Waals surface area contributed by atoms with Crippen LogP contribution >= 0.6 is 24.8 Å². The maximum atomic E-state index is 12.8. The van der Waals surface area contributed by atoms with Crippen LogP contribution in [0, 0.1) is 5.41 Å². The van der Waals surface area contributed by atoms with Crippen LogP contribution in [0.4, 0.5) is 0 Å². The molecule has 0 radical (unpaired) electrons. The minimum Gasteiger partial charge on any atom is -0.338 e. The summed E-state index contributed by atoms with van der Waals surface area (Å²) in [5.74, 6) is 0.127. The largest absolute Gasteiger partial charge is 0.338 e. The van der Waals surface area contributed by atoms with Gasteiger partial charge < -0.3 is 10.6 Å². The maximum absolute atomic E-state index is 12.8. The topological polar surface area (TPSA) is 49.6 Å². The second-order valence-corrected chi connectivity index (χ2v) is 7.68. The molecule has 26 heavy (non-hydrogen) atoms. The number of carbonyl (C=O) groups is 1. The molecule has 6 heteroatoms. The summed E-state index contributed by atoms with van der Waals surface area (Å²) in [6.45, 7) is 13.3. The molecule has 0 bridgehead atoms. The Morgan fingerprint density at radius 2 is 1.85 bits per heavy atom. The van der Waals surface area contributed by atoms with E-state index in [2.05, 4.69) is 44.7 Å². The average molecular weight is 404 g/mol. The van der Waals surface area contributed by atoms with E-state index in [1.165, 1.54) is 5.56 Å². The van der Waals surface area contributed by atoms with E-state index in [0.717, 1.165) is 51.1 Å². The summed E-state index contributed by atoms with van der Waals surface area (Å²) >= 11 is 0. The second kappa shape index (κ2) is 11.1. The highest BCUT2D eigenvalue weighted by Gasteiger charge is 2.35. The smallest absolute Gasteiger partial charge is 0.253 e. The number of nitrogens with two attached hydrogens (primary N) is 1. The summed E-state index contributed by atoms with van der Waals surface area (Å²) in [7, 11) is 0. The van der Waals surface area contributed by atoms with Crippen molar-refractivity contribution in [3.8, 4) is 0 Å². The molecule has 1 aliphatic rings. The third-order valence-corrected chi connectivity index (χ3v) is 5.19. The molecule has 1 aromatic carbocycles. The van der Waals surface area contributed by atoms with Gasteiger partial charge in [-0.15, -0.1) is 24.8 Å². The molecule has 1 atom stereocenters. The number of piperidine rings is 1. The molecule has 0 aromatic heterocycles. The van der Waals surface area contributed by atoms with Crippen LogP contribution < -0.4 is 5.73 Å². The van der Waals surface area contributed by atoms with Crippen molar-refractivity contribution in [3.05, 3.63) is 35.4 Å². The summed E-state index contributed by atoms with van der Waals surface area (Å²) < 4.78 is 0. The Kier molecular flexibility index (Phi) is 10.8. The fourth-order valence-electron chi connectivity index (χ4n) is 3.41. The van der Waals surface area contributed by atoms with E-state index in [9.17, 15) is 4.79 Å². The minimum absolute atomic E-state index is 0. The minimum atomic E-state index is -0.0182. The highest BCUT2D eigenvalue weighted by molar-refractivity contribution is 5.94. The van der Waals surface area contributed by atoms with Gasteiger partial charge in [0.25, 0.3) is 5.91 Å². The van der Waals surface area contributed by atoms with Crippen LogP contribution in [0.2, 0.25) is 0 Å². The van der Waals surface area contributed by atoms with Crippen LogP contribution in [0.15, 0.2) is 24.3 Å². The number of benzene rings is 1. The summed E-state index contributed by atoms with van der Waals surface area (Å²) in [5, 5.41) is 0. The van der Waals surface area contributed by atoms with Crippen molar-refractivity contribution in [1.29, 1.82) is 0 Å². The highest BCUT2D eigenvalue weighted by atomic mass is 35.5. The number of hydrogen-bond acceptors (Lipinski definition) is 3. The third kappa shape index (κ3) is 6.41. The van der Waals surface area contributed by atoms with E-state index in [0.29, 0.717) is 0 Å². The van der Waals surface area contributed by atoms with Crippen LogP contribution in [0.3, 0.4) is 0 Å². The fourth-order valence-corrected chi connectivity index (χ4v) is 3.41. The molecule has 4 nitrogen and oxygen atoms in total. The zero-order valence-electron chi connectivity index (χ0n) is 16.5. The number of amides is 1. The molecule has 2 N–H and O–H groups in total. The van der Waals surface area contributed by atoms with Crippen LogP contribution in [-0.4, -0.2) is 47.9 Å². The van der Waals surface area contributed by atoms with Gasteiger partial charge in [-0.2, -0.15) is 0 Å². The van der Waals surface area contributed by atoms with E-state index in [1.807, 2.05) is 17.0 Å². The van der Waals surface area contributed by atoms with Gasteiger partial charge in [-0.05, 0) is 49.0 Å². The molecule has 150 valence electrons. The second-order valence-electron chi connectivity index (χ2n) is 7.68. The normalized spacial score (nSPS) is 18.8. The molecule has 0 saturated carbocycles. The van der Waals surface area contributed by atoms with E-state index in [-0.39, 0.29) is 42.2 Å². The first-order chi connectivity index (χ1) is 11.4. The fraction of sp³-hybridized carbons (Fsp3) is 0.650. The molecular weight excluding hydrogens is 369 g/mol. The van der Waals surface area contributed by atoms with Crippen molar-refractivity contribution in [2.24, 2.45) is 11.1 Å². The van der Waals surface area contributed by atoms with Crippen LogP contribution in [0.25, 0.3) is 0 Å². The van der Waals surface area contributed by atoms with Crippen LogP contribution in [-0.2, 0) is 6.54 Å². The molecule has 0 aliphatic carbocycles. The summed E-state index contributed by atoms with van der Waals surface area (Å²) in [6.07, 6.45) is 2.04. The first-order valence-corrected chi connectivity index (χ1v) is 9.23. The van der Waals surface area contributed by atoms with Gasteiger partial charge >= 0.3 is 0 Å². The van der Waals surface area contributed by atoms with Gasteiger partial charge in [-0.3, -0.25) is 9.69 Å². The number of hydrogen-bond donors (Lipinski definition) is 1. The van der Waals surface area contributed by atoms with E-state index >= 15 is 0 Å². The Morgan fingerprint density at radius 1 is 1.23 bits per heavy atom. The van der Waals surface area contributed by atoms with Crippen LogP contribution in [0.1, 0.15) is 56.5 Å². The average Bonchev–Trinajstić information content (AvgIpc) is 2.57. The molecular formula is C20H35Cl2N3O.